The molecule has 0 spiro atoms. The fourth-order valence-corrected chi connectivity index (χ4v) is 0.213. The minimum atomic E-state index is -0.0972. The van der Waals surface area contributed by atoms with Gasteiger partial charge < -0.3 is 5.32 Å². The van der Waals surface area contributed by atoms with E-state index in [1.54, 1.807) is 14.0 Å². The minimum Gasteiger partial charge on any atom is -0.355 e. The standard InChI is InChI=1S/C5H9NO.C2H4/c1-4(2)5(7)6-3;1-2/h1H2,2-3H3,(H,6,7);1-2H2. The summed E-state index contributed by atoms with van der Waals surface area (Å²) in [4.78, 5) is 10.3. The normalized spacial score (nSPS) is 6.44. The van der Waals surface area contributed by atoms with Crippen LogP contribution in [0.5, 0.6) is 0 Å². The molecule has 0 aromatic carbocycles. The third kappa shape index (κ3) is 6.95. The molecule has 0 atom stereocenters. The zero-order valence-electron chi connectivity index (χ0n) is 6.03. The zero-order valence-corrected chi connectivity index (χ0v) is 6.03. The Morgan fingerprint density at radius 1 is 1.44 bits per heavy atom. The fraction of sp³-hybridized carbons (Fsp3) is 0.286. The highest BCUT2D eigenvalue weighted by Crippen LogP contribution is 1.81. The van der Waals surface area contributed by atoms with Gasteiger partial charge in [0, 0.05) is 12.6 Å². The summed E-state index contributed by atoms with van der Waals surface area (Å²) >= 11 is 0. The van der Waals surface area contributed by atoms with Crippen LogP contribution in [0.15, 0.2) is 25.3 Å². The van der Waals surface area contributed by atoms with Gasteiger partial charge in [-0.1, -0.05) is 6.58 Å². The van der Waals surface area contributed by atoms with Crippen molar-refractivity contribution < 1.29 is 4.79 Å². The molecule has 0 aliphatic rings. The largest absolute Gasteiger partial charge is 0.355 e. The summed E-state index contributed by atoms with van der Waals surface area (Å²) in [5, 5.41) is 2.43. The molecule has 2 heteroatoms. The van der Waals surface area contributed by atoms with Crippen LogP contribution in [0.25, 0.3) is 0 Å². The quantitative estimate of drug-likeness (QED) is 0.415. The van der Waals surface area contributed by atoms with E-state index in [0.717, 1.165) is 0 Å². The van der Waals surface area contributed by atoms with Gasteiger partial charge in [0.25, 0.3) is 0 Å². The van der Waals surface area contributed by atoms with E-state index >= 15 is 0 Å². The van der Waals surface area contributed by atoms with Crippen molar-refractivity contribution in [3.8, 4) is 0 Å². The van der Waals surface area contributed by atoms with Crippen molar-refractivity contribution >= 4 is 5.91 Å². The molecule has 9 heavy (non-hydrogen) atoms. The number of rotatable bonds is 1. The van der Waals surface area contributed by atoms with Crippen molar-refractivity contribution in [2.45, 2.75) is 6.92 Å². The predicted octanol–water partition coefficient (Wildman–Crippen LogP) is 1.11. The first-order valence-corrected chi connectivity index (χ1v) is 2.56. The lowest BCUT2D eigenvalue weighted by Crippen LogP contribution is -2.17. The highest BCUT2D eigenvalue weighted by atomic mass is 16.1. The average Bonchev–Trinajstić information content (AvgIpc) is 1.91. The molecule has 0 aromatic heterocycles. The molecule has 1 N–H and O–H groups in total. The SMILES string of the molecule is C=C.C=C(C)C(=O)NC. The van der Waals surface area contributed by atoms with Gasteiger partial charge in [-0.15, -0.1) is 13.2 Å². The molecule has 0 aromatic rings. The molecule has 0 rings (SSSR count). The first-order chi connectivity index (χ1) is 4.18. The summed E-state index contributed by atoms with van der Waals surface area (Å²) in [5.74, 6) is -0.0972. The van der Waals surface area contributed by atoms with Crippen molar-refractivity contribution in [3.05, 3.63) is 25.3 Å². The summed E-state index contributed by atoms with van der Waals surface area (Å²) in [6.07, 6.45) is 0. The van der Waals surface area contributed by atoms with Crippen LogP contribution in [0.1, 0.15) is 6.92 Å². The third-order valence-corrected chi connectivity index (χ3v) is 0.615. The molecule has 0 heterocycles. The summed E-state index contributed by atoms with van der Waals surface area (Å²) in [6, 6.07) is 0. The van der Waals surface area contributed by atoms with Gasteiger partial charge in [0.1, 0.15) is 0 Å². The van der Waals surface area contributed by atoms with E-state index in [0.29, 0.717) is 5.57 Å². The third-order valence-electron chi connectivity index (χ3n) is 0.615. The molecule has 2 nitrogen and oxygen atoms in total. The van der Waals surface area contributed by atoms with E-state index in [4.69, 9.17) is 0 Å². The van der Waals surface area contributed by atoms with Gasteiger partial charge in [-0.2, -0.15) is 0 Å². The van der Waals surface area contributed by atoms with E-state index < -0.39 is 0 Å². The monoisotopic (exact) mass is 127 g/mol. The van der Waals surface area contributed by atoms with Crippen molar-refractivity contribution in [2.24, 2.45) is 0 Å². The van der Waals surface area contributed by atoms with Gasteiger partial charge in [-0.3, -0.25) is 4.79 Å². The topological polar surface area (TPSA) is 29.1 Å². The second kappa shape index (κ2) is 6.95. The Morgan fingerprint density at radius 2 is 1.78 bits per heavy atom. The molecule has 0 radical (unpaired) electrons. The number of carbonyl (C=O) groups excluding carboxylic acids is 1. The van der Waals surface area contributed by atoms with Gasteiger partial charge in [0.05, 0.1) is 0 Å². The lowest BCUT2D eigenvalue weighted by Gasteiger charge is -1.91. The zero-order chi connectivity index (χ0) is 7.86. The Morgan fingerprint density at radius 3 is 1.78 bits per heavy atom. The van der Waals surface area contributed by atoms with Crippen LogP contribution in [0.2, 0.25) is 0 Å². The lowest BCUT2D eigenvalue weighted by molar-refractivity contribution is -0.116. The van der Waals surface area contributed by atoms with Gasteiger partial charge in [0.2, 0.25) is 5.91 Å². The summed E-state index contributed by atoms with van der Waals surface area (Å²) in [7, 11) is 1.58. The van der Waals surface area contributed by atoms with E-state index in [2.05, 4.69) is 25.1 Å². The van der Waals surface area contributed by atoms with Gasteiger partial charge in [-0.05, 0) is 6.92 Å². The van der Waals surface area contributed by atoms with Crippen molar-refractivity contribution in [1.29, 1.82) is 0 Å². The van der Waals surface area contributed by atoms with Gasteiger partial charge >= 0.3 is 0 Å². The Kier molecular flexibility index (Phi) is 8.38. The molecule has 0 bridgehead atoms. The molecular formula is C7H13NO. The smallest absolute Gasteiger partial charge is 0.246 e. The average molecular weight is 127 g/mol. The molecular weight excluding hydrogens is 114 g/mol. The minimum absolute atomic E-state index is 0.0972. The molecule has 52 valence electrons. The number of nitrogens with one attached hydrogen (secondary N) is 1. The van der Waals surface area contributed by atoms with E-state index in [-0.39, 0.29) is 5.91 Å². The second-order valence-corrected chi connectivity index (χ2v) is 1.36. The Bertz CT molecular complexity index is 107. The predicted molar refractivity (Wildman–Crippen MR) is 40.1 cm³/mol. The van der Waals surface area contributed by atoms with Crippen molar-refractivity contribution in [1.82, 2.24) is 5.32 Å². The van der Waals surface area contributed by atoms with Crippen LogP contribution in [0.3, 0.4) is 0 Å². The highest BCUT2D eigenvalue weighted by molar-refractivity contribution is 5.91. The van der Waals surface area contributed by atoms with Crippen LogP contribution >= 0.6 is 0 Å². The maximum atomic E-state index is 10.3. The maximum absolute atomic E-state index is 10.3. The first kappa shape index (κ1) is 10.8. The summed E-state index contributed by atoms with van der Waals surface area (Å²) in [5.41, 5.74) is 0.544. The number of likely N-dealkylation sites (N-methyl/N-ethyl adjacent to an activating group) is 1. The first-order valence-electron chi connectivity index (χ1n) is 2.56. The van der Waals surface area contributed by atoms with Gasteiger partial charge in [0.15, 0.2) is 0 Å². The van der Waals surface area contributed by atoms with E-state index in [1.807, 2.05) is 0 Å². The molecule has 0 unspecified atom stereocenters. The van der Waals surface area contributed by atoms with E-state index in [1.165, 1.54) is 0 Å². The van der Waals surface area contributed by atoms with Crippen molar-refractivity contribution in [3.63, 3.8) is 0 Å². The van der Waals surface area contributed by atoms with Crippen LogP contribution in [-0.4, -0.2) is 13.0 Å². The van der Waals surface area contributed by atoms with Crippen LogP contribution < -0.4 is 5.32 Å². The summed E-state index contributed by atoms with van der Waals surface area (Å²) in [6.45, 7) is 11.1. The number of carbonyl (C=O) groups is 1. The Balaban J connectivity index is 0. The maximum Gasteiger partial charge on any atom is 0.246 e. The highest BCUT2D eigenvalue weighted by Gasteiger charge is 1.92. The second-order valence-electron chi connectivity index (χ2n) is 1.36. The molecule has 0 fully saturated rings. The molecule has 0 aliphatic carbocycles. The van der Waals surface area contributed by atoms with Crippen LogP contribution in [0.4, 0.5) is 0 Å². The molecule has 0 saturated carbocycles. The van der Waals surface area contributed by atoms with Crippen molar-refractivity contribution in [2.75, 3.05) is 7.05 Å². The molecule has 0 aliphatic heterocycles. The van der Waals surface area contributed by atoms with E-state index in [9.17, 15) is 4.79 Å². The number of amides is 1. The van der Waals surface area contributed by atoms with Crippen LogP contribution in [-0.2, 0) is 4.79 Å². The molecule has 1 amide bonds. The number of hydrogen-bond acceptors (Lipinski definition) is 1. The Labute approximate surface area is 56.3 Å². The van der Waals surface area contributed by atoms with Gasteiger partial charge in [-0.25, -0.2) is 0 Å². The van der Waals surface area contributed by atoms with Crippen LogP contribution in [0, 0.1) is 0 Å². The number of hydrogen-bond donors (Lipinski definition) is 1. The molecule has 0 saturated heterocycles. The fourth-order valence-electron chi connectivity index (χ4n) is 0.213. The summed E-state index contributed by atoms with van der Waals surface area (Å²) < 4.78 is 0. The Hall–Kier alpha value is -1.05. The lowest BCUT2D eigenvalue weighted by atomic mass is 10.3.